The van der Waals surface area contributed by atoms with E-state index < -0.39 is 0 Å². The fourth-order valence-electron chi connectivity index (χ4n) is 10.9. The lowest BCUT2D eigenvalue weighted by atomic mass is 9.95. The van der Waals surface area contributed by atoms with Gasteiger partial charge in [-0.15, -0.1) is 0 Å². The minimum atomic E-state index is 0.636. The van der Waals surface area contributed by atoms with Crippen LogP contribution in [0.4, 0.5) is 0 Å². The van der Waals surface area contributed by atoms with Gasteiger partial charge in [-0.25, -0.2) is 9.97 Å². The van der Waals surface area contributed by atoms with E-state index in [-0.39, 0.29) is 0 Å². The Hall–Kier alpha value is -9.12. The fraction of sp³-hybridized carbons (Fsp3) is 0. The molecule has 0 atom stereocenters. The van der Waals surface area contributed by atoms with Gasteiger partial charge >= 0.3 is 0 Å². The third-order valence-electron chi connectivity index (χ3n) is 13.9. The van der Waals surface area contributed by atoms with Gasteiger partial charge in [-0.1, -0.05) is 194 Å². The normalized spacial score (nSPS) is 11.8. The van der Waals surface area contributed by atoms with Gasteiger partial charge in [0.2, 0.25) is 5.95 Å². The van der Waals surface area contributed by atoms with Gasteiger partial charge in [-0.2, -0.15) is 0 Å². The van der Waals surface area contributed by atoms with E-state index in [1.807, 2.05) is 0 Å². The third-order valence-corrected chi connectivity index (χ3v) is 13.9. The lowest BCUT2D eigenvalue weighted by Gasteiger charge is -2.15. The molecule has 0 unspecified atom stereocenters. The maximum atomic E-state index is 5.56. The summed E-state index contributed by atoms with van der Waals surface area (Å²) in [5.41, 5.74) is 15.4. The van der Waals surface area contributed by atoms with Crippen molar-refractivity contribution < 1.29 is 0 Å². The van der Waals surface area contributed by atoms with Crippen molar-refractivity contribution in [2.45, 2.75) is 0 Å². The first-order valence-electron chi connectivity index (χ1n) is 23.2. The topological polar surface area (TPSA) is 35.6 Å². The van der Waals surface area contributed by atoms with Crippen LogP contribution in [0.5, 0.6) is 0 Å². The molecule has 3 heterocycles. The Morgan fingerprint density at radius 2 is 0.750 bits per heavy atom. The highest BCUT2D eigenvalue weighted by Crippen LogP contribution is 2.48. The second kappa shape index (κ2) is 15.2. The molecule has 0 amide bonds. The summed E-state index contributed by atoms with van der Waals surface area (Å²) in [6.45, 7) is 0. The zero-order chi connectivity index (χ0) is 44.7. The SMILES string of the molecule is c1ccc(-c2cccc(-c3nc(-n4c5ccccc5c5c6c7c8ccccc8c8ccccc8c7n(-c7cc(-c8ccccc8)cc(-c8ccccc8)c7)c6ccc54)nc4ccccc34)c2)cc1. The molecule has 68 heavy (non-hydrogen) atoms. The summed E-state index contributed by atoms with van der Waals surface area (Å²) >= 11 is 0. The van der Waals surface area contributed by atoms with Crippen LogP contribution in [0.25, 0.3) is 132 Å². The van der Waals surface area contributed by atoms with Crippen molar-refractivity contribution >= 4 is 76.1 Å². The predicted molar refractivity (Wildman–Crippen MR) is 285 cm³/mol. The Morgan fingerprint density at radius 3 is 1.43 bits per heavy atom. The third kappa shape index (κ3) is 5.87. The maximum Gasteiger partial charge on any atom is 0.235 e. The number of para-hydroxylation sites is 2. The van der Waals surface area contributed by atoms with Crippen molar-refractivity contribution in [1.29, 1.82) is 0 Å². The molecule has 0 bridgehead atoms. The summed E-state index contributed by atoms with van der Waals surface area (Å²) < 4.78 is 4.82. The fourth-order valence-corrected chi connectivity index (χ4v) is 10.9. The average molecular weight is 865 g/mol. The van der Waals surface area contributed by atoms with Crippen LogP contribution in [0, 0.1) is 0 Å². The maximum absolute atomic E-state index is 5.56. The van der Waals surface area contributed by atoms with Gasteiger partial charge in [0.25, 0.3) is 0 Å². The lowest BCUT2D eigenvalue weighted by Crippen LogP contribution is -2.03. The first-order chi connectivity index (χ1) is 33.7. The monoisotopic (exact) mass is 864 g/mol. The van der Waals surface area contributed by atoms with E-state index in [0.29, 0.717) is 5.95 Å². The number of fused-ring (bicyclic) bond motifs is 13. The van der Waals surface area contributed by atoms with Gasteiger partial charge in [-0.3, -0.25) is 4.57 Å². The molecule has 0 aliphatic carbocycles. The number of nitrogens with zero attached hydrogens (tertiary/aromatic N) is 4. The van der Waals surface area contributed by atoms with Crippen molar-refractivity contribution in [2.75, 3.05) is 0 Å². The van der Waals surface area contributed by atoms with Crippen LogP contribution in [0.1, 0.15) is 0 Å². The highest BCUT2D eigenvalue weighted by Gasteiger charge is 2.25. The average Bonchev–Trinajstić information content (AvgIpc) is 3.95. The van der Waals surface area contributed by atoms with Gasteiger partial charge < -0.3 is 4.57 Å². The van der Waals surface area contributed by atoms with Crippen LogP contribution >= 0.6 is 0 Å². The largest absolute Gasteiger partial charge is 0.309 e. The van der Waals surface area contributed by atoms with E-state index in [0.717, 1.165) is 55.3 Å². The smallest absolute Gasteiger partial charge is 0.235 e. The van der Waals surface area contributed by atoms with Crippen molar-refractivity contribution in [1.82, 2.24) is 19.1 Å². The summed E-state index contributed by atoms with van der Waals surface area (Å²) in [5, 5.41) is 10.7. The Bertz CT molecular complexity index is 4240. The number of aromatic nitrogens is 4. The molecule has 14 rings (SSSR count). The van der Waals surface area contributed by atoms with E-state index in [4.69, 9.17) is 9.97 Å². The van der Waals surface area contributed by atoms with E-state index in [9.17, 15) is 0 Å². The molecule has 0 spiro atoms. The lowest BCUT2D eigenvalue weighted by molar-refractivity contribution is 1.01. The van der Waals surface area contributed by atoms with Crippen LogP contribution in [-0.4, -0.2) is 19.1 Å². The van der Waals surface area contributed by atoms with E-state index in [2.05, 4.69) is 252 Å². The van der Waals surface area contributed by atoms with Crippen LogP contribution in [0.3, 0.4) is 0 Å². The summed E-state index contributed by atoms with van der Waals surface area (Å²) in [6.07, 6.45) is 0. The minimum absolute atomic E-state index is 0.636. The van der Waals surface area contributed by atoms with Crippen molar-refractivity contribution in [3.63, 3.8) is 0 Å². The molecule has 11 aromatic carbocycles. The molecule has 0 aliphatic rings. The Labute approximate surface area is 392 Å². The van der Waals surface area contributed by atoms with Crippen LogP contribution < -0.4 is 0 Å². The second-order valence-corrected chi connectivity index (χ2v) is 17.7. The summed E-state index contributed by atoms with van der Waals surface area (Å²) in [4.78, 5) is 11.0. The molecule has 4 heteroatoms. The Kier molecular flexibility index (Phi) is 8.55. The molecule has 0 saturated carbocycles. The van der Waals surface area contributed by atoms with Crippen molar-refractivity contribution in [3.05, 3.63) is 243 Å². The molecule has 0 fully saturated rings. The van der Waals surface area contributed by atoms with Gasteiger partial charge in [0.15, 0.2) is 0 Å². The molecule has 0 saturated heterocycles. The van der Waals surface area contributed by atoms with Crippen molar-refractivity contribution in [2.24, 2.45) is 0 Å². The molecule has 0 aliphatic heterocycles. The quantitative estimate of drug-likeness (QED) is 0.156. The first kappa shape index (κ1) is 38.2. The molecular weight excluding hydrogens is 825 g/mol. The molecular formula is C64H40N4. The number of rotatable bonds is 6. The van der Waals surface area contributed by atoms with Crippen LogP contribution in [0.15, 0.2) is 243 Å². The highest BCUT2D eigenvalue weighted by atomic mass is 15.2. The van der Waals surface area contributed by atoms with Crippen LogP contribution in [-0.2, 0) is 0 Å². The molecule has 4 nitrogen and oxygen atoms in total. The number of hydrogen-bond donors (Lipinski definition) is 0. The summed E-state index contributed by atoms with van der Waals surface area (Å²) in [6, 6.07) is 87.5. The predicted octanol–water partition coefficient (Wildman–Crippen LogP) is 16.8. The zero-order valence-electron chi connectivity index (χ0n) is 36.9. The van der Waals surface area contributed by atoms with Gasteiger partial charge in [0.1, 0.15) is 0 Å². The minimum Gasteiger partial charge on any atom is -0.309 e. The van der Waals surface area contributed by atoms with Gasteiger partial charge in [0.05, 0.1) is 33.3 Å². The Balaban J connectivity index is 1.12. The first-order valence-corrected chi connectivity index (χ1v) is 23.2. The second-order valence-electron chi connectivity index (χ2n) is 17.7. The number of benzene rings is 11. The highest BCUT2D eigenvalue weighted by molar-refractivity contribution is 6.38. The standard InChI is InChI=1S/C64H40N4/c1-4-19-41(20-5-1)44-25-18-26-45(37-44)62-53-31-14-16-33-55(53)65-64(66-62)68-56-34-17-15-32-54(56)59-57(68)35-36-58-61(59)60-51-29-12-10-27-49(51)50-28-11-13-30-52(50)63(60)67(58)48-39-46(42-21-6-2-7-22-42)38-47(40-48)43-23-8-3-9-24-43/h1-40H. The molecule has 0 N–H and O–H groups in total. The van der Waals surface area contributed by atoms with E-state index >= 15 is 0 Å². The van der Waals surface area contributed by atoms with Crippen molar-refractivity contribution in [3.8, 4) is 56.3 Å². The van der Waals surface area contributed by atoms with Gasteiger partial charge in [-0.05, 0) is 98.1 Å². The molecule has 0 radical (unpaired) electrons. The number of hydrogen-bond acceptors (Lipinski definition) is 2. The van der Waals surface area contributed by atoms with Crippen LogP contribution in [0.2, 0.25) is 0 Å². The Morgan fingerprint density at radius 1 is 0.265 bits per heavy atom. The zero-order valence-corrected chi connectivity index (χ0v) is 36.9. The molecule has 14 aromatic rings. The molecule has 3 aromatic heterocycles. The molecule has 316 valence electrons. The summed E-state index contributed by atoms with van der Waals surface area (Å²) in [5.74, 6) is 0.636. The summed E-state index contributed by atoms with van der Waals surface area (Å²) in [7, 11) is 0. The van der Waals surface area contributed by atoms with E-state index in [1.165, 1.54) is 71.0 Å². The van der Waals surface area contributed by atoms with Gasteiger partial charge in [0, 0.05) is 43.6 Å². The van der Waals surface area contributed by atoms with E-state index in [1.54, 1.807) is 0 Å².